The molecule has 0 aromatic heterocycles. The van der Waals surface area contributed by atoms with Crippen molar-refractivity contribution in [3.05, 3.63) is 24.0 Å². The van der Waals surface area contributed by atoms with E-state index in [1.54, 1.807) is 18.4 Å². The molecule has 1 saturated carbocycles. The van der Waals surface area contributed by atoms with Gasteiger partial charge >= 0.3 is 17.9 Å². The van der Waals surface area contributed by atoms with Crippen LogP contribution in [-0.2, 0) is 14.4 Å². The lowest BCUT2D eigenvalue weighted by molar-refractivity contribution is -0.140. The highest BCUT2D eigenvalue weighted by molar-refractivity contribution is 5.69. The quantitative estimate of drug-likeness (QED) is 0.518. The van der Waals surface area contributed by atoms with E-state index in [2.05, 4.69) is 15.8 Å². The number of aliphatic carboxylic acids is 3. The SMILES string of the molecule is O=C(O)CC1CCC(CC(=O)O)CCC(CC(=O)O)(C2=CC=CNN=N2)CC1. The van der Waals surface area contributed by atoms with Gasteiger partial charge in [-0.05, 0) is 62.5 Å². The van der Waals surface area contributed by atoms with E-state index in [1.807, 2.05) is 0 Å². The molecule has 0 aromatic rings. The number of rotatable bonds is 7. The van der Waals surface area contributed by atoms with Gasteiger partial charge < -0.3 is 15.3 Å². The first kappa shape index (κ1) is 21.6. The summed E-state index contributed by atoms with van der Waals surface area (Å²) < 4.78 is 0. The molecule has 0 aromatic carbocycles. The lowest BCUT2D eigenvalue weighted by atomic mass is 9.71. The van der Waals surface area contributed by atoms with Crippen LogP contribution in [0.4, 0.5) is 0 Å². The summed E-state index contributed by atoms with van der Waals surface area (Å²) >= 11 is 0. The van der Waals surface area contributed by atoms with E-state index in [9.17, 15) is 29.7 Å². The van der Waals surface area contributed by atoms with Crippen LogP contribution in [-0.4, -0.2) is 33.2 Å². The Labute approximate surface area is 163 Å². The Kier molecular flexibility index (Phi) is 7.71. The van der Waals surface area contributed by atoms with Crippen LogP contribution < -0.4 is 5.43 Å². The van der Waals surface area contributed by atoms with Crippen LogP contribution in [0.5, 0.6) is 0 Å². The molecule has 0 saturated heterocycles. The van der Waals surface area contributed by atoms with Crippen molar-refractivity contribution < 1.29 is 29.7 Å². The molecule has 0 spiro atoms. The van der Waals surface area contributed by atoms with Crippen LogP contribution in [0.1, 0.15) is 57.8 Å². The van der Waals surface area contributed by atoms with Gasteiger partial charge in [0.15, 0.2) is 0 Å². The van der Waals surface area contributed by atoms with Gasteiger partial charge in [-0.1, -0.05) is 5.22 Å². The minimum Gasteiger partial charge on any atom is -0.481 e. The van der Waals surface area contributed by atoms with E-state index >= 15 is 0 Å². The fraction of sp³-hybridized carbons (Fsp3) is 0.632. The number of carbonyl (C=O) groups is 3. The van der Waals surface area contributed by atoms with Gasteiger partial charge in [0.2, 0.25) is 0 Å². The summed E-state index contributed by atoms with van der Waals surface area (Å²) in [7, 11) is 0. The molecule has 2 unspecified atom stereocenters. The monoisotopic (exact) mass is 393 g/mol. The normalized spacial score (nSPS) is 28.1. The molecule has 1 heterocycles. The fourth-order valence-electron chi connectivity index (χ4n) is 4.18. The van der Waals surface area contributed by atoms with Gasteiger partial charge in [0.05, 0.1) is 12.1 Å². The van der Waals surface area contributed by atoms with Crippen molar-refractivity contribution in [2.45, 2.75) is 57.8 Å². The highest BCUT2D eigenvalue weighted by Gasteiger charge is 2.39. The second kappa shape index (κ2) is 10.0. The van der Waals surface area contributed by atoms with E-state index in [-0.39, 0.29) is 31.1 Å². The summed E-state index contributed by atoms with van der Waals surface area (Å²) in [6.07, 6.45) is 8.10. The molecule has 2 rings (SSSR count). The summed E-state index contributed by atoms with van der Waals surface area (Å²) in [5.41, 5.74) is 2.33. The molecule has 0 radical (unpaired) electrons. The lowest BCUT2D eigenvalue weighted by Gasteiger charge is -2.33. The third-order valence-corrected chi connectivity index (χ3v) is 5.65. The number of hydrogen-bond acceptors (Lipinski definition) is 6. The topological polar surface area (TPSA) is 149 Å². The van der Waals surface area contributed by atoms with E-state index in [0.29, 0.717) is 44.2 Å². The standard InChI is InChI=1S/C19H27N3O6/c23-16(24)10-13-3-4-14(11-17(25)26)6-8-19(7-5-13,12-18(27)28)15-2-1-9-20-22-21-15/h1-2,9,13-14H,3-8,10-12H2,(H,20,21)(H,23,24)(H,25,26)(H,27,28). The molecule has 9 heteroatoms. The summed E-state index contributed by atoms with van der Waals surface area (Å²) in [6.45, 7) is 0. The first-order valence-electron chi connectivity index (χ1n) is 9.50. The summed E-state index contributed by atoms with van der Waals surface area (Å²) in [5.74, 6) is -3.03. The van der Waals surface area contributed by atoms with E-state index in [0.717, 1.165) is 0 Å². The predicted molar refractivity (Wildman–Crippen MR) is 99.1 cm³/mol. The van der Waals surface area contributed by atoms with Crippen LogP contribution in [0, 0.1) is 17.3 Å². The molecular formula is C19H27N3O6. The first-order chi connectivity index (χ1) is 13.3. The zero-order valence-electron chi connectivity index (χ0n) is 15.7. The van der Waals surface area contributed by atoms with Gasteiger partial charge in [-0.25, -0.2) is 0 Å². The fourth-order valence-corrected chi connectivity index (χ4v) is 4.18. The molecule has 28 heavy (non-hydrogen) atoms. The zero-order chi connectivity index (χ0) is 20.6. The molecule has 2 aliphatic rings. The molecule has 1 aliphatic heterocycles. The highest BCUT2D eigenvalue weighted by Crippen LogP contribution is 2.46. The largest absolute Gasteiger partial charge is 0.481 e. The average Bonchev–Trinajstić information content (AvgIpc) is 2.85. The third-order valence-electron chi connectivity index (χ3n) is 5.65. The molecule has 0 amide bonds. The highest BCUT2D eigenvalue weighted by atomic mass is 16.4. The number of carboxylic acid groups (broad SMARTS) is 3. The smallest absolute Gasteiger partial charge is 0.304 e. The van der Waals surface area contributed by atoms with Gasteiger partial charge in [-0.15, -0.1) is 5.11 Å². The van der Waals surface area contributed by atoms with Crippen LogP contribution in [0.25, 0.3) is 0 Å². The van der Waals surface area contributed by atoms with E-state index in [4.69, 9.17) is 0 Å². The Balaban J connectivity index is 2.37. The van der Waals surface area contributed by atoms with Crippen molar-refractivity contribution in [1.29, 1.82) is 0 Å². The maximum absolute atomic E-state index is 11.7. The number of nitrogens with zero attached hydrogens (tertiary/aromatic N) is 2. The average molecular weight is 393 g/mol. The van der Waals surface area contributed by atoms with Crippen molar-refractivity contribution in [1.82, 2.24) is 5.43 Å². The van der Waals surface area contributed by atoms with E-state index < -0.39 is 23.3 Å². The minimum atomic E-state index is -0.971. The van der Waals surface area contributed by atoms with Crippen molar-refractivity contribution in [2.75, 3.05) is 0 Å². The van der Waals surface area contributed by atoms with Crippen LogP contribution >= 0.6 is 0 Å². The van der Waals surface area contributed by atoms with Crippen LogP contribution in [0.2, 0.25) is 0 Å². The Hall–Kier alpha value is -2.71. The van der Waals surface area contributed by atoms with Crippen molar-refractivity contribution >= 4 is 17.9 Å². The van der Waals surface area contributed by atoms with Gasteiger partial charge in [-0.2, -0.15) is 0 Å². The van der Waals surface area contributed by atoms with Crippen molar-refractivity contribution in [2.24, 2.45) is 27.6 Å². The van der Waals surface area contributed by atoms with Gasteiger partial charge in [-0.3, -0.25) is 19.8 Å². The van der Waals surface area contributed by atoms with Crippen LogP contribution in [0.15, 0.2) is 34.4 Å². The molecular weight excluding hydrogens is 366 g/mol. The zero-order valence-corrected chi connectivity index (χ0v) is 15.7. The second-order valence-corrected chi connectivity index (χ2v) is 7.67. The first-order valence-corrected chi connectivity index (χ1v) is 9.50. The maximum atomic E-state index is 11.7. The van der Waals surface area contributed by atoms with Crippen molar-refractivity contribution in [3.8, 4) is 0 Å². The molecule has 0 bridgehead atoms. The summed E-state index contributed by atoms with van der Waals surface area (Å²) in [6, 6.07) is 0. The third kappa shape index (κ3) is 6.47. The molecule has 2 atom stereocenters. The Morgan fingerprint density at radius 2 is 1.54 bits per heavy atom. The number of hydrogen-bond donors (Lipinski definition) is 4. The molecule has 1 fully saturated rings. The summed E-state index contributed by atoms with van der Waals surface area (Å²) in [4.78, 5) is 34.2. The number of nitrogens with one attached hydrogen (secondary N) is 1. The molecule has 4 N–H and O–H groups in total. The second-order valence-electron chi connectivity index (χ2n) is 7.67. The Morgan fingerprint density at radius 1 is 0.964 bits per heavy atom. The molecule has 9 nitrogen and oxygen atoms in total. The number of allylic oxidation sites excluding steroid dienone is 3. The molecule has 154 valence electrons. The van der Waals surface area contributed by atoms with Gasteiger partial charge in [0.1, 0.15) is 0 Å². The lowest BCUT2D eigenvalue weighted by Crippen LogP contribution is -2.28. The predicted octanol–water partition coefficient (Wildman–Crippen LogP) is 3.35. The number of carboxylic acids is 3. The molecule has 1 aliphatic carbocycles. The maximum Gasteiger partial charge on any atom is 0.304 e. The van der Waals surface area contributed by atoms with Crippen LogP contribution in [0.3, 0.4) is 0 Å². The van der Waals surface area contributed by atoms with Crippen molar-refractivity contribution in [3.63, 3.8) is 0 Å². The van der Waals surface area contributed by atoms with E-state index in [1.165, 1.54) is 0 Å². The Bertz CT molecular complexity index is 657. The van der Waals surface area contributed by atoms with Gasteiger partial charge in [0.25, 0.3) is 0 Å². The Morgan fingerprint density at radius 3 is 2.04 bits per heavy atom. The minimum absolute atomic E-state index is 0.00896. The van der Waals surface area contributed by atoms with Gasteiger partial charge in [0, 0.05) is 24.5 Å². The summed E-state index contributed by atoms with van der Waals surface area (Å²) in [5, 5.41) is 36.0.